The van der Waals surface area contributed by atoms with Gasteiger partial charge in [0, 0.05) is 31.3 Å². The fourth-order valence-corrected chi connectivity index (χ4v) is 7.06. The summed E-state index contributed by atoms with van der Waals surface area (Å²) in [5.41, 5.74) is 2.96. The van der Waals surface area contributed by atoms with Gasteiger partial charge in [-0.15, -0.1) is 0 Å². The average Bonchev–Trinajstić information content (AvgIpc) is 2.96. The first-order chi connectivity index (χ1) is 21.1. The number of likely N-dealkylation sites (N-methyl/N-ethyl adjacent to an activating group) is 1. The fraction of sp³-hybridized carbons (Fsp3) is 0.387. The number of carbonyl (C=O) groups excluding carboxylic acids is 7. The quantitative estimate of drug-likeness (QED) is 0.220. The molecule has 45 heavy (non-hydrogen) atoms. The second-order valence-electron chi connectivity index (χ2n) is 12.1. The minimum Gasteiger partial charge on any atom is -0.505 e. The molecule has 2 saturated carbocycles. The number of urea groups is 1. The van der Waals surface area contributed by atoms with Gasteiger partial charge in [0.15, 0.2) is 34.7 Å². The largest absolute Gasteiger partial charge is 0.505 e. The third kappa shape index (κ3) is 4.86. The van der Waals surface area contributed by atoms with Crippen molar-refractivity contribution in [2.75, 3.05) is 38.4 Å². The number of ketones is 4. The van der Waals surface area contributed by atoms with Gasteiger partial charge in [-0.05, 0) is 56.6 Å². The second-order valence-corrected chi connectivity index (χ2v) is 12.1. The van der Waals surface area contributed by atoms with E-state index in [-0.39, 0.29) is 29.7 Å². The lowest BCUT2D eigenvalue weighted by Gasteiger charge is -2.52. The number of Topliss-reactive ketones (excluding diaryl/α,β-unsaturated/α-hetero) is 4. The van der Waals surface area contributed by atoms with Crippen LogP contribution in [-0.2, 0) is 25.6 Å². The van der Waals surface area contributed by atoms with Crippen LogP contribution in [0.15, 0.2) is 36.4 Å². The molecule has 5 rings (SSSR count). The van der Waals surface area contributed by atoms with E-state index in [2.05, 4.69) is 10.6 Å². The molecule has 0 spiro atoms. The van der Waals surface area contributed by atoms with E-state index in [0.29, 0.717) is 11.3 Å². The Morgan fingerprint density at radius 2 is 1.64 bits per heavy atom. The first kappa shape index (κ1) is 31.5. The standard InChI is InChI=1S/C31H33N5O9/c1-35(2)18-12-17(33-30(44)34-29(43)13-8-6-5-7-9-13)23(37)20-15(18)10-14-11-16-22(36(3)4)25(39)21(28(32)42)27(41)31(16,45)26(40)19(14)24(20)38/h5-9,12,14,16,19,21-22,37,45H,10-11H2,1-4H3,(H2,32,42)(H2,33,34,43,44)/t14-,16-,19?,21?,22-,31+/m0/s1. The smallest absolute Gasteiger partial charge is 0.326 e. The number of phenolic OH excluding ortho intramolecular Hbond substituents is 1. The van der Waals surface area contributed by atoms with Crippen LogP contribution in [-0.4, -0.2) is 95.9 Å². The number of carbonyl (C=O) groups is 7. The van der Waals surface area contributed by atoms with Gasteiger partial charge in [0.2, 0.25) is 5.91 Å². The number of imide groups is 1. The number of benzene rings is 2. The summed E-state index contributed by atoms with van der Waals surface area (Å²) in [4.78, 5) is 95.3. The van der Waals surface area contributed by atoms with E-state index in [1.165, 1.54) is 37.2 Å². The molecule has 2 fully saturated rings. The molecule has 4 amide bonds. The fourth-order valence-electron chi connectivity index (χ4n) is 7.06. The molecule has 14 nitrogen and oxygen atoms in total. The number of nitrogens with one attached hydrogen (secondary N) is 2. The second kappa shape index (κ2) is 11.2. The van der Waals surface area contributed by atoms with Crippen molar-refractivity contribution in [3.63, 3.8) is 0 Å². The van der Waals surface area contributed by atoms with Crippen molar-refractivity contribution in [2.24, 2.45) is 29.4 Å². The van der Waals surface area contributed by atoms with Crippen molar-refractivity contribution in [2.45, 2.75) is 24.5 Å². The van der Waals surface area contributed by atoms with Gasteiger partial charge >= 0.3 is 6.03 Å². The van der Waals surface area contributed by atoms with E-state index < -0.39 is 82.0 Å². The topological polar surface area (TPSA) is 217 Å². The van der Waals surface area contributed by atoms with E-state index in [9.17, 15) is 43.8 Å². The van der Waals surface area contributed by atoms with Crippen LogP contribution in [0.1, 0.15) is 32.7 Å². The highest BCUT2D eigenvalue weighted by Crippen LogP contribution is 2.52. The van der Waals surface area contributed by atoms with E-state index >= 15 is 0 Å². The molecule has 3 aliphatic rings. The maximum atomic E-state index is 14.1. The highest BCUT2D eigenvalue weighted by atomic mass is 16.3. The van der Waals surface area contributed by atoms with Crippen molar-refractivity contribution in [3.8, 4) is 5.75 Å². The number of hydrogen-bond acceptors (Lipinski definition) is 11. The lowest BCUT2D eigenvalue weighted by molar-refractivity contribution is -0.181. The number of fused-ring (bicyclic) bond motifs is 3. The Balaban J connectivity index is 1.55. The van der Waals surface area contributed by atoms with E-state index in [1.54, 1.807) is 37.2 Å². The highest BCUT2D eigenvalue weighted by molar-refractivity contribution is 6.32. The minimum absolute atomic E-state index is 0.0475. The van der Waals surface area contributed by atoms with Gasteiger partial charge in [-0.25, -0.2) is 4.79 Å². The summed E-state index contributed by atoms with van der Waals surface area (Å²) in [7, 11) is 6.35. The number of nitrogens with two attached hydrogens (primary N) is 1. The Morgan fingerprint density at radius 3 is 2.22 bits per heavy atom. The third-order valence-electron chi connectivity index (χ3n) is 9.03. The van der Waals surface area contributed by atoms with E-state index in [4.69, 9.17) is 5.73 Å². The Morgan fingerprint density at radius 1 is 1.00 bits per heavy atom. The van der Waals surface area contributed by atoms with Gasteiger partial charge in [0.25, 0.3) is 5.91 Å². The van der Waals surface area contributed by atoms with Gasteiger partial charge in [0.1, 0.15) is 5.75 Å². The highest BCUT2D eigenvalue weighted by Gasteiger charge is 2.69. The first-order valence-electron chi connectivity index (χ1n) is 14.2. The zero-order valence-corrected chi connectivity index (χ0v) is 25.0. The van der Waals surface area contributed by atoms with Crippen LogP contribution >= 0.6 is 0 Å². The zero-order valence-electron chi connectivity index (χ0n) is 25.0. The molecule has 2 aromatic rings. The Bertz CT molecular complexity index is 1670. The summed E-state index contributed by atoms with van der Waals surface area (Å²) in [6.07, 6.45) is -0.0482. The van der Waals surface area contributed by atoms with Crippen molar-refractivity contribution in [1.29, 1.82) is 0 Å². The average molecular weight is 620 g/mol. The Hall–Kier alpha value is -4.95. The van der Waals surface area contributed by atoms with Crippen molar-refractivity contribution >= 4 is 52.4 Å². The molecule has 0 radical (unpaired) electrons. The normalized spacial score (nSPS) is 27.3. The van der Waals surface area contributed by atoms with Crippen LogP contribution in [0.25, 0.3) is 0 Å². The molecule has 2 unspecified atom stereocenters. The molecule has 6 N–H and O–H groups in total. The molecule has 14 heteroatoms. The van der Waals surface area contributed by atoms with Crippen molar-refractivity contribution in [1.82, 2.24) is 10.2 Å². The number of primary amides is 1. The summed E-state index contributed by atoms with van der Waals surface area (Å²) in [5.74, 6) is -12.7. The maximum Gasteiger partial charge on any atom is 0.326 e. The van der Waals surface area contributed by atoms with Crippen molar-refractivity contribution < 1.29 is 43.8 Å². The molecule has 236 valence electrons. The van der Waals surface area contributed by atoms with Gasteiger partial charge in [0.05, 0.1) is 23.2 Å². The number of nitrogens with zero attached hydrogens (tertiary/aromatic N) is 2. The minimum atomic E-state index is -2.86. The summed E-state index contributed by atoms with van der Waals surface area (Å²) in [5, 5.41) is 27.5. The van der Waals surface area contributed by atoms with Crippen LogP contribution in [0.3, 0.4) is 0 Å². The molecular formula is C31H33N5O9. The first-order valence-corrected chi connectivity index (χ1v) is 14.2. The number of amides is 4. The third-order valence-corrected chi connectivity index (χ3v) is 9.03. The lowest BCUT2D eigenvalue weighted by Crippen LogP contribution is -2.74. The number of phenols is 1. The van der Waals surface area contributed by atoms with E-state index in [1.807, 2.05) is 0 Å². The number of aliphatic hydroxyl groups is 1. The number of rotatable bonds is 5. The molecule has 0 aromatic heterocycles. The molecule has 3 aliphatic carbocycles. The van der Waals surface area contributed by atoms with Crippen LogP contribution < -0.4 is 21.3 Å². The van der Waals surface area contributed by atoms with Gasteiger partial charge in [-0.2, -0.15) is 0 Å². The van der Waals surface area contributed by atoms with Gasteiger partial charge < -0.3 is 26.2 Å². The Labute approximate surface area is 257 Å². The zero-order chi connectivity index (χ0) is 33.1. The Kier molecular flexibility index (Phi) is 7.83. The van der Waals surface area contributed by atoms with Crippen LogP contribution in [0, 0.1) is 23.7 Å². The van der Waals surface area contributed by atoms with Gasteiger partial charge in [-0.1, -0.05) is 18.2 Å². The summed E-state index contributed by atoms with van der Waals surface area (Å²) < 4.78 is 0. The lowest BCUT2D eigenvalue weighted by atomic mass is 9.52. The summed E-state index contributed by atoms with van der Waals surface area (Å²) >= 11 is 0. The molecule has 0 heterocycles. The predicted molar refractivity (Wildman–Crippen MR) is 159 cm³/mol. The van der Waals surface area contributed by atoms with Crippen LogP contribution in [0.5, 0.6) is 5.75 Å². The van der Waals surface area contributed by atoms with Gasteiger partial charge in [-0.3, -0.25) is 39.0 Å². The molecule has 0 bridgehead atoms. The summed E-state index contributed by atoms with van der Waals surface area (Å²) in [6.45, 7) is 0. The molecule has 0 saturated heterocycles. The molecule has 6 atom stereocenters. The number of anilines is 2. The SMILES string of the molecule is CN(C)c1cc(NC(=O)NC(=O)c2ccccc2)c(O)c2c1C[C@H]1C[C@H]3[C@H](N(C)C)C(=O)C(C(N)=O)C(=O)[C@]3(O)C(=O)C1C2=O. The van der Waals surface area contributed by atoms with Crippen molar-refractivity contribution in [3.05, 3.63) is 53.1 Å². The van der Waals surface area contributed by atoms with Crippen LogP contribution in [0.4, 0.5) is 16.2 Å². The van der Waals surface area contributed by atoms with Crippen LogP contribution in [0.2, 0.25) is 0 Å². The number of hydrogen-bond donors (Lipinski definition) is 5. The molecular weight excluding hydrogens is 586 g/mol. The van der Waals surface area contributed by atoms with E-state index in [0.717, 1.165) is 0 Å². The summed E-state index contributed by atoms with van der Waals surface area (Å²) in [6, 6.07) is 7.13. The maximum absolute atomic E-state index is 14.1. The number of aromatic hydroxyl groups is 1. The monoisotopic (exact) mass is 619 g/mol. The predicted octanol–water partition coefficient (Wildman–Crippen LogP) is -0.105. The molecule has 2 aromatic carbocycles. The molecule has 0 aliphatic heterocycles.